The summed E-state index contributed by atoms with van der Waals surface area (Å²) in [5, 5.41) is 6.25. The Morgan fingerprint density at radius 3 is 1.43 bits per heavy atom. The predicted molar refractivity (Wildman–Crippen MR) is 247 cm³/mol. The molecule has 0 spiro atoms. The molecule has 1 amide bonds. The number of esters is 3. The highest BCUT2D eigenvalue weighted by atomic mass is 16.6. The normalized spacial score (nSPS) is 12.2. The van der Waals surface area contributed by atoms with Crippen molar-refractivity contribution in [1.82, 2.24) is 10.6 Å². The lowest BCUT2D eigenvalue weighted by Crippen LogP contribution is -2.33. The largest absolute Gasteiger partial charge is 0.462 e. The molecule has 10 heteroatoms. The minimum absolute atomic E-state index is 0.0698. The first-order valence-corrected chi connectivity index (χ1v) is 24.6. The second-order valence-corrected chi connectivity index (χ2v) is 17.4. The molecule has 0 aliphatic rings. The fourth-order valence-electron chi connectivity index (χ4n) is 6.74. The lowest BCUT2D eigenvalue weighted by atomic mass is 10.0. The third-order valence-electron chi connectivity index (χ3n) is 10.3. The van der Waals surface area contributed by atoms with E-state index in [2.05, 4.69) is 36.6 Å². The number of carbonyl (C=O) groups excluding carboxylic acids is 4. The smallest absolute Gasteiger partial charge is 0.407 e. The average molecular weight is 849 g/mol. The minimum Gasteiger partial charge on any atom is -0.462 e. The van der Waals surface area contributed by atoms with Crippen LogP contribution < -0.4 is 10.6 Å². The molecule has 0 aromatic carbocycles. The molecule has 0 rings (SSSR count). The highest BCUT2D eigenvalue weighted by Crippen LogP contribution is 2.18. The Hall–Kier alpha value is -2.88. The van der Waals surface area contributed by atoms with Gasteiger partial charge in [0.1, 0.15) is 24.9 Å². The van der Waals surface area contributed by atoms with Gasteiger partial charge < -0.3 is 29.6 Å². The van der Waals surface area contributed by atoms with Crippen LogP contribution in [0.1, 0.15) is 227 Å². The maximum Gasteiger partial charge on any atom is 0.407 e. The van der Waals surface area contributed by atoms with Crippen LogP contribution in [0.2, 0.25) is 0 Å². The molecule has 0 atom stereocenters. The molecule has 0 aliphatic carbocycles. The van der Waals surface area contributed by atoms with E-state index >= 15 is 0 Å². The lowest BCUT2D eigenvalue weighted by Gasteiger charge is -2.19. The number of rotatable bonds is 42. The van der Waals surface area contributed by atoms with Gasteiger partial charge in [0.15, 0.2) is 0 Å². The van der Waals surface area contributed by atoms with E-state index in [9.17, 15) is 19.2 Å². The summed E-state index contributed by atoms with van der Waals surface area (Å²) in [4.78, 5) is 48.7. The van der Waals surface area contributed by atoms with Gasteiger partial charge in [-0.25, -0.2) is 4.79 Å². The standard InChI is InChI=1S/C50H92N2O8/c1-6-8-10-12-14-24-32-43-57-46(53)37-28-20-16-18-26-35-45(36-27-19-17-21-29-38-47(54)58-44-33-25-15-13-11-9-7-2)59-48(55)39-34-41-51-40-30-22-23-31-42-52-49(56)60-50(3,4)5/h24-25,32-33,45,51H,6-23,26-31,34-44H2,1-5H3,(H,52,56). The number of hydrogen-bond acceptors (Lipinski definition) is 9. The fraction of sp³-hybridized carbons (Fsp3) is 0.840. The van der Waals surface area contributed by atoms with E-state index in [1.165, 1.54) is 51.4 Å². The molecule has 2 N–H and O–H groups in total. The third-order valence-corrected chi connectivity index (χ3v) is 10.3. The Kier molecular flexibility index (Phi) is 40.7. The molecule has 0 aromatic heterocycles. The van der Waals surface area contributed by atoms with Crippen molar-refractivity contribution in [3.63, 3.8) is 0 Å². The van der Waals surface area contributed by atoms with Crippen LogP contribution in [-0.2, 0) is 33.3 Å². The molecule has 60 heavy (non-hydrogen) atoms. The van der Waals surface area contributed by atoms with Gasteiger partial charge in [0.25, 0.3) is 0 Å². The van der Waals surface area contributed by atoms with E-state index in [4.69, 9.17) is 18.9 Å². The van der Waals surface area contributed by atoms with Gasteiger partial charge >= 0.3 is 24.0 Å². The molecule has 0 saturated heterocycles. The molecule has 10 nitrogen and oxygen atoms in total. The Labute approximate surface area is 367 Å². The van der Waals surface area contributed by atoms with Gasteiger partial charge in [0.2, 0.25) is 0 Å². The highest BCUT2D eigenvalue weighted by molar-refractivity contribution is 5.70. The second kappa shape index (κ2) is 42.8. The van der Waals surface area contributed by atoms with Gasteiger partial charge in [-0.3, -0.25) is 14.4 Å². The van der Waals surface area contributed by atoms with E-state index in [-0.39, 0.29) is 30.1 Å². The third kappa shape index (κ3) is 44.7. The molecular formula is C50H92N2O8. The van der Waals surface area contributed by atoms with Crippen LogP contribution in [0, 0.1) is 0 Å². The van der Waals surface area contributed by atoms with Crippen molar-refractivity contribution in [2.75, 3.05) is 32.8 Å². The highest BCUT2D eigenvalue weighted by Gasteiger charge is 2.16. The van der Waals surface area contributed by atoms with Crippen LogP contribution in [0.5, 0.6) is 0 Å². The summed E-state index contributed by atoms with van der Waals surface area (Å²) in [5.41, 5.74) is -0.480. The number of amides is 1. The molecule has 0 heterocycles. The Balaban J connectivity index is 4.34. The van der Waals surface area contributed by atoms with Gasteiger partial charge in [-0.2, -0.15) is 0 Å². The summed E-state index contributed by atoms with van der Waals surface area (Å²) >= 11 is 0. The maximum absolute atomic E-state index is 12.8. The number of unbranched alkanes of at least 4 members (excludes halogenated alkanes) is 19. The minimum atomic E-state index is -0.480. The summed E-state index contributed by atoms with van der Waals surface area (Å²) in [6, 6.07) is 0. The van der Waals surface area contributed by atoms with Crippen molar-refractivity contribution in [2.24, 2.45) is 0 Å². The van der Waals surface area contributed by atoms with E-state index in [0.29, 0.717) is 39.0 Å². The van der Waals surface area contributed by atoms with E-state index in [0.717, 1.165) is 135 Å². The van der Waals surface area contributed by atoms with Gasteiger partial charge in [0, 0.05) is 25.8 Å². The zero-order valence-electron chi connectivity index (χ0n) is 39.4. The number of allylic oxidation sites excluding steroid dienone is 2. The first kappa shape index (κ1) is 57.1. The van der Waals surface area contributed by atoms with E-state index in [1.807, 2.05) is 32.9 Å². The van der Waals surface area contributed by atoms with Crippen molar-refractivity contribution in [2.45, 2.75) is 239 Å². The van der Waals surface area contributed by atoms with Gasteiger partial charge in [-0.15, -0.1) is 0 Å². The second-order valence-electron chi connectivity index (χ2n) is 17.4. The molecule has 0 radical (unpaired) electrons. The number of alkyl carbamates (subject to hydrolysis) is 1. The number of carbonyl (C=O) groups is 4. The first-order chi connectivity index (χ1) is 29.1. The van der Waals surface area contributed by atoms with Gasteiger partial charge in [-0.05, 0) is 117 Å². The SMILES string of the molecule is CCCCCCC=CCOC(=O)CCCCCCCC(CCCCCCCC(=O)OCC=CCCCCCC)OC(=O)CCCNCCCCCCNC(=O)OC(C)(C)C. The van der Waals surface area contributed by atoms with E-state index < -0.39 is 5.60 Å². The van der Waals surface area contributed by atoms with Crippen molar-refractivity contribution in [3.8, 4) is 0 Å². The fourth-order valence-corrected chi connectivity index (χ4v) is 6.74. The molecule has 0 unspecified atom stereocenters. The number of ether oxygens (including phenoxy) is 4. The van der Waals surface area contributed by atoms with E-state index in [1.54, 1.807) is 0 Å². The Morgan fingerprint density at radius 1 is 0.483 bits per heavy atom. The van der Waals surface area contributed by atoms with Crippen LogP contribution in [-0.4, -0.2) is 68.6 Å². The zero-order chi connectivity index (χ0) is 44.2. The quantitative estimate of drug-likeness (QED) is 0.0267. The molecule has 0 aliphatic heterocycles. The van der Waals surface area contributed by atoms with Crippen LogP contribution in [0.4, 0.5) is 4.79 Å². The van der Waals surface area contributed by atoms with Crippen molar-refractivity contribution < 1.29 is 38.1 Å². The molecule has 0 bridgehead atoms. The summed E-state index contributed by atoms with van der Waals surface area (Å²) in [7, 11) is 0. The average Bonchev–Trinajstić information content (AvgIpc) is 3.20. The van der Waals surface area contributed by atoms with Crippen LogP contribution >= 0.6 is 0 Å². The summed E-state index contributed by atoms with van der Waals surface area (Å²) < 4.78 is 22.0. The summed E-state index contributed by atoms with van der Waals surface area (Å²) in [6.07, 6.45) is 37.6. The van der Waals surface area contributed by atoms with Crippen molar-refractivity contribution >= 4 is 24.0 Å². The zero-order valence-corrected chi connectivity index (χ0v) is 39.4. The number of nitrogens with one attached hydrogen (secondary N) is 2. The van der Waals surface area contributed by atoms with Crippen LogP contribution in [0.3, 0.4) is 0 Å². The van der Waals surface area contributed by atoms with Crippen molar-refractivity contribution in [1.29, 1.82) is 0 Å². The maximum atomic E-state index is 12.8. The predicted octanol–water partition coefficient (Wildman–Crippen LogP) is 13.0. The first-order valence-electron chi connectivity index (χ1n) is 24.6. The molecule has 350 valence electrons. The summed E-state index contributed by atoms with van der Waals surface area (Å²) in [5.74, 6) is -0.356. The lowest BCUT2D eigenvalue weighted by molar-refractivity contribution is -0.150. The monoisotopic (exact) mass is 849 g/mol. The molecular weight excluding hydrogens is 757 g/mol. The Morgan fingerprint density at radius 2 is 0.917 bits per heavy atom. The van der Waals surface area contributed by atoms with Crippen LogP contribution in [0.15, 0.2) is 24.3 Å². The van der Waals surface area contributed by atoms with Crippen molar-refractivity contribution in [3.05, 3.63) is 24.3 Å². The molecule has 0 fully saturated rings. The summed E-state index contributed by atoms with van der Waals surface area (Å²) in [6.45, 7) is 13.1. The topological polar surface area (TPSA) is 129 Å². The molecule has 0 saturated carbocycles. The van der Waals surface area contributed by atoms with Gasteiger partial charge in [-0.1, -0.05) is 128 Å². The Bertz CT molecular complexity index is 1030. The number of hydrogen-bond donors (Lipinski definition) is 2. The van der Waals surface area contributed by atoms with Crippen LogP contribution in [0.25, 0.3) is 0 Å². The molecule has 0 aromatic rings. The van der Waals surface area contributed by atoms with Gasteiger partial charge in [0.05, 0.1) is 0 Å².